The minimum Gasteiger partial charge on any atom is -0.539 e. The van der Waals surface area contributed by atoms with Gasteiger partial charge in [-0.05, 0) is 54.8 Å². The van der Waals surface area contributed by atoms with Gasteiger partial charge in [0.15, 0.2) is 23.3 Å². The molecule has 0 aliphatic carbocycles. The van der Waals surface area contributed by atoms with Crippen LogP contribution in [0.3, 0.4) is 0 Å². The summed E-state index contributed by atoms with van der Waals surface area (Å²) in [4.78, 5) is 31.8. The van der Waals surface area contributed by atoms with E-state index in [1.807, 2.05) is 6.07 Å². The van der Waals surface area contributed by atoms with E-state index in [1.165, 1.54) is 30.5 Å². The zero-order chi connectivity index (χ0) is 24.5. The van der Waals surface area contributed by atoms with Gasteiger partial charge in [-0.25, -0.2) is 9.18 Å². The summed E-state index contributed by atoms with van der Waals surface area (Å²) in [6, 6.07) is 12.2. The van der Waals surface area contributed by atoms with E-state index in [2.05, 4.69) is 12.1 Å². The maximum atomic E-state index is 13.0. The van der Waals surface area contributed by atoms with E-state index < -0.39 is 11.9 Å². The summed E-state index contributed by atoms with van der Waals surface area (Å²) < 4.78 is 24.3. The SMILES string of the molecule is O.O=C(CCC[NH+]1CCCC(c2ccc3c(c2)OCCO3)C1)c1ccc(F)cc1.O=C([O-])C(=O)O. The molecule has 1 fully saturated rings. The van der Waals surface area contributed by atoms with Crippen LogP contribution < -0.4 is 19.5 Å². The Balaban J connectivity index is 0.000000552. The van der Waals surface area contributed by atoms with Crippen molar-refractivity contribution in [2.75, 3.05) is 32.8 Å². The summed E-state index contributed by atoms with van der Waals surface area (Å²) in [5.41, 5.74) is 1.92. The minimum atomic E-state index is -2.07. The van der Waals surface area contributed by atoms with E-state index in [-0.39, 0.29) is 17.1 Å². The van der Waals surface area contributed by atoms with Crippen molar-refractivity contribution in [3.63, 3.8) is 0 Å². The number of ether oxygens (including phenoxy) is 2. The Morgan fingerprint density at radius 3 is 2.37 bits per heavy atom. The van der Waals surface area contributed by atoms with Crippen LogP contribution in [-0.2, 0) is 9.59 Å². The molecule has 10 heteroatoms. The van der Waals surface area contributed by atoms with E-state index in [9.17, 15) is 9.18 Å². The lowest BCUT2D eigenvalue weighted by Gasteiger charge is -2.30. The van der Waals surface area contributed by atoms with Crippen molar-refractivity contribution in [2.24, 2.45) is 0 Å². The molecule has 0 saturated carbocycles. The second-order valence-corrected chi connectivity index (χ2v) is 8.32. The van der Waals surface area contributed by atoms with Gasteiger partial charge < -0.3 is 34.9 Å². The molecule has 35 heavy (non-hydrogen) atoms. The van der Waals surface area contributed by atoms with E-state index in [1.54, 1.807) is 17.0 Å². The van der Waals surface area contributed by atoms with Gasteiger partial charge in [0.25, 0.3) is 0 Å². The van der Waals surface area contributed by atoms with Crippen LogP contribution in [0, 0.1) is 5.82 Å². The molecular weight excluding hydrogens is 461 g/mol. The van der Waals surface area contributed by atoms with Crippen LogP contribution in [0.2, 0.25) is 0 Å². The fraction of sp³-hybridized carbons (Fsp3) is 0.400. The van der Waals surface area contributed by atoms with Crippen LogP contribution in [0.25, 0.3) is 0 Å². The van der Waals surface area contributed by atoms with Crippen molar-refractivity contribution in [1.29, 1.82) is 0 Å². The minimum absolute atomic E-state index is 0. The third-order valence-electron chi connectivity index (χ3n) is 5.93. The molecular formula is C25H30FNO8. The van der Waals surface area contributed by atoms with Crippen molar-refractivity contribution < 1.29 is 48.8 Å². The van der Waals surface area contributed by atoms with Crippen LogP contribution in [0.15, 0.2) is 42.5 Å². The van der Waals surface area contributed by atoms with Crippen LogP contribution in [0.1, 0.15) is 47.5 Å². The molecule has 2 heterocycles. The number of Topliss-reactive ketones (excluding diaryl/α,β-unsaturated/α-hetero) is 1. The van der Waals surface area contributed by atoms with Gasteiger partial charge in [-0.15, -0.1) is 0 Å². The molecule has 2 unspecified atom stereocenters. The summed E-state index contributed by atoms with van der Waals surface area (Å²) in [5, 5.41) is 16.3. The highest BCUT2D eigenvalue weighted by Gasteiger charge is 2.25. The third-order valence-corrected chi connectivity index (χ3v) is 5.93. The normalized spacial score (nSPS) is 18.3. The summed E-state index contributed by atoms with van der Waals surface area (Å²) >= 11 is 0. The molecule has 0 amide bonds. The number of ketones is 1. The Hall–Kier alpha value is -3.50. The number of carbonyl (C=O) groups excluding carboxylic acids is 2. The number of carboxylic acid groups (broad SMARTS) is 2. The van der Waals surface area contributed by atoms with Crippen LogP contribution in [0.5, 0.6) is 11.5 Å². The maximum absolute atomic E-state index is 13.0. The summed E-state index contributed by atoms with van der Waals surface area (Å²) in [6.45, 7) is 4.47. The summed E-state index contributed by atoms with van der Waals surface area (Å²) in [6.07, 6.45) is 3.77. The number of fused-ring (bicyclic) bond motifs is 1. The first-order valence-electron chi connectivity index (χ1n) is 11.3. The molecule has 9 nitrogen and oxygen atoms in total. The number of hydrogen-bond acceptors (Lipinski definition) is 6. The Kier molecular flexibility index (Phi) is 10.6. The number of likely N-dealkylation sites (tertiary alicyclic amines) is 1. The van der Waals surface area contributed by atoms with Crippen LogP contribution >= 0.6 is 0 Å². The Morgan fingerprint density at radius 2 is 1.71 bits per heavy atom. The zero-order valence-corrected chi connectivity index (χ0v) is 19.3. The number of benzene rings is 2. The predicted octanol–water partition coefficient (Wildman–Crippen LogP) is 0.0185. The number of nitrogens with one attached hydrogen (secondary N) is 1. The Morgan fingerprint density at radius 1 is 1.06 bits per heavy atom. The molecule has 2 aromatic carbocycles. The van der Waals surface area contributed by atoms with E-state index in [0.29, 0.717) is 31.1 Å². The van der Waals surface area contributed by atoms with Crippen molar-refractivity contribution in [3.8, 4) is 11.5 Å². The largest absolute Gasteiger partial charge is 0.539 e. The molecule has 2 aliphatic rings. The van der Waals surface area contributed by atoms with Gasteiger partial charge in [0.2, 0.25) is 0 Å². The number of halogens is 1. The standard InChI is InChI=1S/C23H26FNO3.C2H2O4.H2O/c24-20-8-5-17(6-9-20)21(26)4-2-12-25-11-1-3-19(16-25)18-7-10-22-23(15-18)28-14-13-27-22;3-1(4)2(5)6;/h5-10,15,19H,1-4,11-14,16H2;(H,3,4)(H,5,6);1H2. The van der Waals surface area contributed by atoms with Crippen molar-refractivity contribution in [1.82, 2.24) is 0 Å². The van der Waals surface area contributed by atoms with Crippen LogP contribution in [0.4, 0.5) is 4.39 Å². The second kappa shape index (κ2) is 13.4. The van der Waals surface area contributed by atoms with Crippen molar-refractivity contribution in [2.45, 2.75) is 31.6 Å². The lowest BCUT2D eigenvalue weighted by molar-refractivity contribution is -0.906. The van der Waals surface area contributed by atoms with Gasteiger partial charge in [-0.3, -0.25) is 4.79 Å². The predicted molar refractivity (Wildman–Crippen MR) is 121 cm³/mol. The maximum Gasteiger partial charge on any atom is 0.351 e. The molecule has 0 aromatic heterocycles. The molecule has 0 bridgehead atoms. The number of piperidine rings is 1. The van der Waals surface area contributed by atoms with Crippen molar-refractivity contribution >= 4 is 17.7 Å². The smallest absolute Gasteiger partial charge is 0.351 e. The Labute approximate surface area is 202 Å². The highest BCUT2D eigenvalue weighted by molar-refractivity contribution is 6.26. The van der Waals surface area contributed by atoms with E-state index in [0.717, 1.165) is 37.6 Å². The molecule has 4 N–H and O–H groups in total. The first-order valence-corrected chi connectivity index (χ1v) is 11.3. The molecule has 1 saturated heterocycles. The average Bonchev–Trinajstić information content (AvgIpc) is 2.84. The van der Waals surface area contributed by atoms with Gasteiger partial charge >= 0.3 is 5.97 Å². The highest BCUT2D eigenvalue weighted by Crippen LogP contribution is 2.34. The fourth-order valence-corrected chi connectivity index (χ4v) is 4.26. The number of quaternary nitrogens is 1. The number of hydrogen-bond donors (Lipinski definition) is 2. The average molecular weight is 492 g/mol. The molecule has 2 aromatic rings. The van der Waals surface area contributed by atoms with Crippen LogP contribution in [-0.4, -0.2) is 61.2 Å². The molecule has 2 atom stereocenters. The van der Waals surface area contributed by atoms with Gasteiger partial charge in [0.1, 0.15) is 19.0 Å². The lowest BCUT2D eigenvalue weighted by atomic mass is 9.90. The fourth-order valence-electron chi connectivity index (χ4n) is 4.26. The molecule has 4 rings (SSSR count). The summed E-state index contributed by atoms with van der Waals surface area (Å²) in [5.74, 6) is -1.99. The monoisotopic (exact) mass is 491 g/mol. The quantitative estimate of drug-likeness (QED) is 0.427. The molecule has 190 valence electrons. The van der Waals surface area contributed by atoms with E-state index in [4.69, 9.17) is 29.3 Å². The van der Waals surface area contributed by atoms with Gasteiger partial charge in [-0.1, -0.05) is 6.07 Å². The molecule has 2 aliphatic heterocycles. The molecule has 0 radical (unpaired) electrons. The topological polar surface area (TPSA) is 149 Å². The third kappa shape index (κ3) is 8.34. The highest BCUT2D eigenvalue weighted by atomic mass is 19.1. The Bertz CT molecular complexity index is 999. The van der Waals surface area contributed by atoms with Gasteiger partial charge in [0.05, 0.1) is 19.6 Å². The lowest BCUT2D eigenvalue weighted by Crippen LogP contribution is -3.13. The molecule has 0 spiro atoms. The number of carbonyl (C=O) groups is 3. The van der Waals surface area contributed by atoms with Gasteiger partial charge in [-0.2, -0.15) is 0 Å². The first kappa shape index (κ1) is 27.7. The second-order valence-electron chi connectivity index (χ2n) is 8.32. The number of rotatable bonds is 6. The van der Waals surface area contributed by atoms with E-state index >= 15 is 0 Å². The number of carboxylic acids is 2. The summed E-state index contributed by atoms with van der Waals surface area (Å²) in [7, 11) is 0. The van der Waals surface area contributed by atoms with Gasteiger partial charge in [0, 0.05) is 24.3 Å². The zero-order valence-electron chi connectivity index (χ0n) is 19.3. The first-order chi connectivity index (χ1) is 16.3. The number of aliphatic carboxylic acids is 2. The van der Waals surface area contributed by atoms with Crippen molar-refractivity contribution in [3.05, 3.63) is 59.4 Å².